The molecule has 1 saturated heterocycles. The second kappa shape index (κ2) is 6.81. The van der Waals surface area contributed by atoms with Crippen molar-refractivity contribution in [2.24, 2.45) is 0 Å². The molecule has 6 heteroatoms. The number of hydrogen-bond acceptors (Lipinski definition) is 4. The van der Waals surface area contributed by atoms with Gasteiger partial charge in [0.2, 0.25) is 0 Å². The predicted molar refractivity (Wildman–Crippen MR) is 113 cm³/mol. The Labute approximate surface area is 173 Å². The van der Waals surface area contributed by atoms with Crippen molar-refractivity contribution in [1.82, 2.24) is 4.90 Å². The van der Waals surface area contributed by atoms with Crippen molar-refractivity contribution >= 4 is 29.3 Å². The van der Waals surface area contributed by atoms with Crippen LogP contribution in [0.5, 0.6) is 0 Å². The first kappa shape index (κ1) is 18.1. The van der Waals surface area contributed by atoms with Gasteiger partial charge in [-0.2, -0.15) is 0 Å². The Morgan fingerprint density at radius 3 is 2.69 bits per heavy atom. The number of amides is 2. The van der Waals surface area contributed by atoms with Gasteiger partial charge in [0.05, 0.1) is 18.5 Å². The summed E-state index contributed by atoms with van der Waals surface area (Å²) in [5.74, 6) is 0.643. The Morgan fingerprint density at radius 1 is 1.10 bits per heavy atom. The predicted octanol–water partition coefficient (Wildman–Crippen LogP) is 4.18. The molecule has 29 heavy (non-hydrogen) atoms. The number of anilines is 1. The SMILES string of the molecule is Cc1ccccc1CN1C(=O)C2(SCCN2C(=O)c2ccco2)c2ccccc21. The van der Waals surface area contributed by atoms with E-state index in [-0.39, 0.29) is 17.6 Å². The van der Waals surface area contributed by atoms with Crippen LogP contribution in [0.15, 0.2) is 71.3 Å². The minimum Gasteiger partial charge on any atom is -0.459 e. The standard InChI is InChI=1S/C23H20N2O3S/c1-16-7-2-3-8-17(16)15-24-19-10-5-4-9-18(19)23(22(24)27)25(12-14-29-23)21(26)20-11-6-13-28-20/h2-11,13H,12,14-15H2,1H3. The first-order chi connectivity index (χ1) is 14.1. The van der Waals surface area contributed by atoms with Crippen molar-refractivity contribution < 1.29 is 14.0 Å². The maximum Gasteiger partial charge on any atom is 0.291 e. The number of aryl methyl sites for hydroxylation is 1. The molecule has 1 unspecified atom stereocenters. The molecule has 0 saturated carbocycles. The summed E-state index contributed by atoms with van der Waals surface area (Å²) in [6.07, 6.45) is 1.48. The monoisotopic (exact) mass is 404 g/mol. The lowest BCUT2D eigenvalue weighted by atomic mass is 10.1. The minimum atomic E-state index is -1.04. The van der Waals surface area contributed by atoms with Gasteiger partial charge in [-0.25, -0.2) is 0 Å². The van der Waals surface area contributed by atoms with E-state index in [1.165, 1.54) is 18.0 Å². The number of furan rings is 1. The highest BCUT2D eigenvalue weighted by Crippen LogP contribution is 2.54. The van der Waals surface area contributed by atoms with Crippen molar-refractivity contribution in [1.29, 1.82) is 0 Å². The lowest BCUT2D eigenvalue weighted by molar-refractivity contribution is -0.123. The molecule has 1 fully saturated rings. The van der Waals surface area contributed by atoms with E-state index in [1.54, 1.807) is 17.0 Å². The van der Waals surface area contributed by atoms with Crippen molar-refractivity contribution in [3.8, 4) is 0 Å². The van der Waals surface area contributed by atoms with Gasteiger partial charge in [-0.3, -0.25) is 9.59 Å². The fraction of sp³-hybridized carbons (Fsp3) is 0.217. The molecule has 1 spiro atoms. The normalized spacial score (nSPS) is 20.5. The zero-order valence-electron chi connectivity index (χ0n) is 16.0. The highest BCUT2D eigenvalue weighted by atomic mass is 32.2. The van der Waals surface area contributed by atoms with Crippen LogP contribution >= 0.6 is 11.8 Å². The molecule has 3 heterocycles. The Morgan fingerprint density at radius 2 is 1.90 bits per heavy atom. The second-order valence-electron chi connectivity index (χ2n) is 7.26. The van der Waals surface area contributed by atoms with Crippen LogP contribution in [0, 0.1) is 6.92 Å². The molecular weight excluding hydrogens is 384 g/mol. The van der Waals surface area contributed by atoms with Crippen LogP contribution in [0.4, 0.5) is 5.69 Å². The third-order valence-corrected chi connectivity index (χ3v) is 7.09. The number of thioether (sulfide) groups is 1. The molecule has 0 aliphatic carbocycles. The van der Waals surface area contributed by atoms with Gasteiger partial charge in [-0.05, 0) is 36.2 Å². The van der Waals surface area contributed by atoms with Crippen LogP contribution in [-0.2, 0) is 16.2 Å². The Bertz CT molecular complexity index is 1100. The van der Waals surface area contributed by atoms with E-state index in [4.69, 9.17) is 4.42 Å². The van der Waals surface area contributed by atoms with E-state index in [0.29, 0.717) is 18.8 Å². The molecule has 5 nitrogen and oxygen atoms in total. The summed E-state index contributed by atoms with van der Waals surface area (Å²) in [4.78, 5) is 29.5. The van der Waals surface area contributed by atoms with Gasteiger partial charge in [0, 0.05) is 17.9 Å². The summed E-state index contributed by atoms with van der Waals surface area (Å²) in [5, 5.41) is 0. The van der Waals surface area contributed by atoms with Crippen molar-refractivity contribution in [2.45, 2.75) is 18.3 Å². The third-order valence-electron chi connectivity index (χ3n) is 5.67. The highest BCUT2D eigenvalue weighted by molar-refractivity contribution is 8.01. The van der Waals surface area contributed by atoms with Crippen LogP contribution in [0.1, 0.15) is 27.2 Å². The lowest BCUT2D eigenvalue weighted by Gasteiger charge is -2.32. The maximum atomic E-state index is 13.9. The molecule has 1 aromatic heterocycles. The largest absolute Gasteiger partial charge is 0.459 e. The number of para-hydroxylation sites is 1. The van der Waals surface area contributed by atoms with Gasteiger partial charge in [-0.15, -0.1) is 11.8 Å². The Kier molecular flexibility index (Phi) is 4.24. The molecule has 3 aromatic rings. The van der Waals surface area contributed by atoms with Crippen LogP contribution < -0.4 is 4.90 Å². The summed E-state index contributed by atoms with van der Waals surface area (Å²) in [7, 11) is 0. The number of hydrogen-bond donors (Lipinski definition) is 0. The Balaban J connectivity index is 1.60. The molecule has 0 N–H and O–H groups in total. The van der Waals surface area contributed by atoms with Gasteiger partial charge in [0.25, 0.3) is 11.8 Å². The van der Waals surface area contributed by atoms with Crippen molar-refractivity contribution in [2.75, 3.05) is 17.2 Å². The lowest BCUT2D eigenvalue weighted by Crippen LogP contribution is -2.50. The molecule has 0 bridgehead atoms. The zero-order chi connectivity index (χ0) is 20.0. The fourth-order valence-corrected chi connectivity index (χ4v) is 5.68. The summed E-state index contributed by atoms with van der Waals surface area (Å²) in [5.41, 5.74) is 3.98. The van der Waals surface area contributed by atoms with Crippen LogP contribution in [-0.4, -0.2) is 29.0 Å². The molecular formula is C23H20N2O3S. The second-order valence-corrected chi connectivity index (χ2v) is 8.55. The number of nitrogens with zero attached hydrogens (tertiary/aromatic N) is 2. The van der Waals surface area contributed by atoms with Crippen LogP contribution in [0.25, 0.3) is 0 Å². The molecule has 2 aromatic carbocycles. The zero-order valence-corrected chi connectivity index (χ0v) is 16.8. The highest BCUT2D eigenvalue weighted by Gasteiger charge is 2.59. The topological polar surface area (TPSA) is 53.8 Å². The third kappa shape index (κ3) is 2.63. The van der Waals surface area contributed by atoms with Crippen LogP contribution in [0.3, 0.4) is 0 Å². The summed E-state index contributed by atoms with van der Waals surface area (Å²) in [6, 6.07) is 19.2. The maximum absolute atomic E-state index is 13.9. The van der Waals surface area contributed by atoms with E-state index < -0.39 is 4.87 Å². The average Bonchev–Trinajstić information content (AvgIpc) is 3.47. The average molecular weight is 404 g/mol. The van der Waals surface area contributed by atoms with Gasteiger partial charge in [0.1, 0.15) is 0 Å². The van der Waals surface area contributed by atoms with Gasteiger partial charge in [0.15, 0.2) is 10.6 Å². The number of carbonyl (C=O) groups excluding carboxylic acids is 2. The summed E-state index contributed by atoms with van der Waals surface area (Å²) >= 11 is 1.53. The van der Waals surface area contributed by atoms with Crippen LogP contribution in [0.2, 0.25) is 0 Å². The Hall–Kier alpha value is -2.99. The van der Waals surface area contributed by atoms with E-state index in [9.17, 15) is 9.59 Å². The number of carbonyl (C=O) groups is 2. The first-order valence-electron chi connectivity index (χ1n) is 9.58. The van der Waals surface area contributed by atoms with Gasteiger partial charge in [-0.1, -0.05) is 42.5 Å². The summed E-state index contributed by atoms with van der Waals surface area (Å²) < 4.78 is 5.35. The van der Waals surface area contributed by atoms with Gasteiger partial charge < -0.3 is 14.2 Å². The van der Waals surface area contributed by atoms with Crippen molar-refractivity contribution in [3.05, 3.63) is 89.4 Å². The van der Waals surface area contributed by atoms with E-state index in [0.717, 1.165) is 22.4 Å². The molecule has 5 rings (SSSR count). The summed E-state index contributed by atoms with van der Waals surface area (Å²) in [6.45, 7) is 3.03. The molecule has 2 amide bonds. The number of fused-ring (bicyclic) bond motifs is 2. The molecule has 1 atom stereocenters. The smallest absolute Gasteiger partial charge is 0.291 e. The molecule has 146 valence electrons. The minimum absolute atomic E-state index is 0.0654. The number of benzene rings is 2. The quantitative estimate of drug-likeness (QED) is 0.657. The molecule has 0 radical (unpaired) electrons. The van der Waals surface area contributed by atoms with E-state index >= 15 is 0 Å². The molecule has 2 aliphatic heterocycles. The molecule has 2 aliphatic rings. The van der Waals surface area contributed by atoms with Crippen molar-refractivity contribution in [3.63, 3.8) is 0 Å². The number of rotatable bonds is 3. The van der Waals surface area contributed by atoms with E-state index in [1.807, 2.05) is 47.4 Å². The van der Waals surface area contributed by atoms with Gasteiger partial charge >= 0.3 is 0 Å². The van der Waals surface area contributed by atoms with E-state index in [2.05, 4.69) is 13.0 Å². The first-order valence-corrected chi connectivity index (χ1v) is 10.6. The fourth-order valence-electron chi connectivity index (χ4n) is 4.22.